The van der Waals surface area contributed by atoms with Crippen LogP contribution in [-0.2, 0) is 0 Å². The maximum Gasteiger partial charge on any atom is 0.191 e. The fourth-order valence-electron chi connectivity index (χ4n) is 2.68. The number of ether oxygens (including phenoxy) is 1. The van der Waals surface area contributed by atoms with Crippen molar-refractivity contribution in [2.75, 3.05) is 26.0 Å². The normalized spacial score (nSPS) is 21.3. The second-order valence-electron chi connectivity index (χ2n) is 5.58. The molecule has 4 nitrogen and oxygen atoms in total. The second kappa shape index (κ2) is 9.65. The zero-order valence-electron chi connectivity index (χ0n) is 13.8. The van der Waals surface area contributed by atoms with E-state index in [1.165, 1.54) is 31.4 Å². The van der Waals surface area contributed by atoms with E-state index in [-0.39, 0.29) is 5.82 Å². The molecule has 0 radical (unpaired) electrons. The smallest absolute Gasteiger partial charge is 0.191 e. The Hall–Kier alpha value is -1.43. The summed E-state index contributed by atoms with van der Waals surface area (Å²) >= 11 is 1.95. The van der Waals surface area contributed by atoms with Crippen LogP contribution in [0.1, 0.15) is 26.2 Å². The molecule has 1 aromatic rings. The first kappa shape index (κ1) is 17.9. The average molecular weight is 339 g/mol. The van der Waals surface area contributed by atoms with Crippen molar-refractivity contribution in [3.63, 3.8) is 0 Å². The van der Waals surface area contributed by atoms with Gasteiger partial charge in [-0.05, 0) is 44.6 Å². The van der Waals surface area contributed by atoms with Gasteiger partial charge in [-0.25, -0.2) is 9.38 Å². The number of hydrogen-bond acceptors (Lipinski definition) is 3. The number of nitrogens with zero attached hydrogens (tertiary/aromatic N) is 1. The van der Waals surface area contributed by atoms with Gasteiger partial charge in [0.25, 0.3) is 0 Å². The lowest BCUT2D eigenvalue weighted by atomic mass is 10.2. The lowest BCUT2D eigenvalue weighted by molar-refractivity contribution is 0.326. The average Bonchev–Trinajstić information content (AvgIpc) is 2.99. The highest BCUT2D eigenvalue weighted by Crippen LogP contribution is 2.27. The van der Waals surface area contributed by atoms with Gasteiger partial charge in [-0.15, -0.1) is 0 Å². The summed E-state index contributed by atoms with van der Waals surface area (Å²) in [5.41, 5.74) is 0. The monoisotopic (exact) mass is 339 g/mol. The van der Waals surface area contributed by atoms with Gasteiger partial charge in [0, 0.05) is 23.9 Å². The van der Waals surface area contributed by atoms with E-state index in [1.54, 1.807) is 12.1 Å². The van der Waals surface area contributed by atoms with E-state index in [0.29, 0.717) is 24.9 Å². The number of benzene rings is 1. The Bertz CT molecular complexity index is 512. The van der Waals surface area contributed by atoms with Crippen LogP contribution < -0.4 is 15.4 Å². The summed E-state index contributed by atoms with van der Waals surface area (Å²) in [4.78, 5) is 4.53. The van der Waals surface area contributed by atoms with Crippen LogP contribution in [0.4, 0.5) is 4.39 Å². The maximum atomic E-state index is 13.1. The molecule has 23 heavy (non-hydrogen) atoms. The summed E-state index contributed by atoms with van der Waals surface area (Å²) in [6.07, 6.45) is 5.82. The van der Waals surface area contributed by atoms with E-state index in [9.17, 15) is 4.39 Å². The van der Waals surface area contributed by atoms with Crippen molar-refractivity contribution >= 4 is 17.7 Å². The van der Waals surface area contributed by atoms with Crippen molar-refractivity contribution in [3.8, 4) is 5.75 Å². The molecule has 0 spiro atoms. The van der Waals surface area contributed by atoms with E-state index in [1.807, 2.05) is 11.8 Å². The van der Waals surface area contributed by atoms with E-state index < -0.39 is 0 Å². The lowest BCUT2D eigenvalue weighted by Crippen LogP contribution is -2.42. The van der Waals surface area contributed by atoms with Gasteiger partial charge in [0.1, 0.15) is 18.2 Å². The Morgan fingerprint density at radius 1 is 1.43 bits per heavy atom. The van der Waals surface area contributed by atoms with Crippen molar-refractivity contribution < 1.29 is 9.13 Å². The minimum Gasteiger partial charge on any atom is -0.492 e. The molecule has 2 atom stereocenters. The van der Waals surface area contributed by atoms with E-state index in [2.05, 4.69) is 28.8 Å². The molecular formula is C17H26FN3OS. The minimum absolute atomic E-state index is 0.286. The zero-order chi connectivity index (χ0) is 16.5. The van der Waals surface area contributed by atoms with Crippen molar-refractivity contribution in [1.82, 2.24) is 10.6 Å². The molecule has 2 unspecified atom stereocenters. The quantitative estimate of drug-likeness (QED) is 0.455. The van der Waals surface area contributed by atoms with Crippen LogP contribution in [0.25, 0.3) is 0 Å². The van der Waals surface area contributed by atoms with E-state index in [0.717, 1.165) is 17.8 Å². The van der Waals surface area contributed by atoms with Gasteiger partial charge >= 0.3 is 0 Å². The summed E-state index contributed by atoms with van der Waals surface area (Å²) < 4.78 is 18.6. The molecule has 0 saturated heterocycles. The molecule has 0 heterocycles. The van der Waals surface area contributed by atoms with Gasteiger partial charge in [0.2, 0.25) is 0 Å². The standard InChI is InChI=1S/C17H26FN3OS/c1-3-19-17(21-14-7-8-16(12-14)23-2)20-9-10-22-15-6-4-5-13(18)11-15/h4-6,11,14,16H,3,7-10,12H2,1-2H3,(H2,19,20,21). The van der Waals surface area contributed by atoms with E-state index >= 15 is 0 Å². The van der Waals surface area contributed by atoms with Crippen molar-refractivity contribution in [2.45, 2.75) is 37.5 Å². The third-order valence-corrected chi connectivity index (χ3v) is 4.92. The minimum atomic E-state index is -0.286. The first-order valence-corrected chi connectivity index (χ1v) is 9.46. The first-order valence-electron chi connectivity index (χ1n) is 8.17. The van der Waals surface area contributed by atoms with E-state index in [4.69, 9.17) is 4.74 Å². The Kier molecular flexibility index (Phi) is 7.52. The van der Waals surface area contributed by atoms with Gasteiger partial charge in [-0.3, -0.25) is 0 Å². The lowest BCUT2D eigenvalue weighted by Gasteiger charge is -2.17. The van der Waals surface area contributed by atoms with Crippen LogP contribution in [0.2, 0.25) is 0 Å². The van der Waals surface area contributed by atoms with Crippen molar-refractivity contribution in [2.24, 2.45) is 4.99 Å². The van der Waals surface area contributed by atoms with Gasteiger partial charge in [-0.1, -0.05) is 6.07 Å². The molecule has 0 amide bonds. The molecule has 2 N–H and O–H groups in total. The highest BCUT2D eigenvalue weighted by atomic mass is 32.2. The number of hydrogen-bond donors (Lipinski definition) is 2. The molecule has 1 fully saturated rings. The van der Waals surface area contributed by atoms with Crippen LogP contribution in [-0.4, -0.2) is 43.2 Å². The van der Waals surface area contributed by atoms with Crippen LogP contribution in [0.15, 0.2) is 29.3 Å². The fraction of sp³-hybridized carbons (Fsp3) is 0.588. The fourth-order valence-corrected chi connectivity index (χ4v) is 3.47. The Morgan fingerprint density at radius 2 is 2.30 bits per heavy atom. The molecule has 0 bridgehead atoms. The number of halogens is 1. The summed E-state index contributed by atoms with van der Waals surface area (Å²) in [5, 5.41) is 7.52. The number of nitrogens with one attached hydrogen (secondary N) is 2. The second-order valence-corrected chi connectivity index (χ2v) is 6.72. The number of guanidine groups is 1. The highest BCUT2D eigenvalue weighted by molar-refractivity contribution is 7.99. The van der Waals surface area contributed by atoms with Gasteiger partial charge in [0.05, 0.1) is 6.54 Å². The Balaban J connectivity index is 1.77. The topological polar surface area (TPSA) is 45.7 Å². The number of thioether (sulfide) groups is 1. The summed E-state index contributed by atoms with van der Waals surface area (Å²) in [5.74, 6) is 1.09. The largest absolute Gasteiger partial charge is 0.492 e. The van der Waals surface area contributed by atoms with Crippen molar-refractivity contribution in [1.29, 1.82) is 0 Å². The van der Waals surface area contributed by atoms with Gasteiger partial charge < -0.3 is 15.4 Å². The summed E-state index contributed by atoms with van der Waals surface area (Å²) in [6, 6.07) is 6.67. The van der Waals surface area contributed by atoms with Crippen molar-refractivity contribution in [3.05, 3.63) is 30.1 Å². The van der Waals surface area contributed by atoms with Crippen LogP contribution in [0, 0.1) is 5.82 Å². The number of rotatable bonds is 7. The van der Waals surface area contributed by atoms with Crippen LogP contribution in [0.3, 0.4) is 0 Å². The molecule has 128 valence electrons. The van der Waals surface area contributed by atoms with Gasteiger partial charge in [0.15, 0.2) is 5.96 Å². The molecule has 6 heteroatoms. The predicted octanol–water partition coefficient (Wildman–Crippen LogP) is 3.04. The van der Waals surface area contributed by atoms with Gasteiger partial charge in [-0.2, -0.15) is 11.8 Å². The molecule has 2 rings (SSSR count). The molecule has 0 aliphatic heterocycles. The third kappa shape index (κ3) is 6.29. The molecule has 0 aromatic heterocycles. The molecular weight excluding hydrogens is 313 g/mol. The van der Waals surface area contributed by atoms with Crippen LogP contribution in [0.5, 0.6) is 5.75 Å². The van der Waals surface area contributed by atoms with Crippen LogP contribution >= 0.6 is 11.8 Å². The highest BCUT2D eigenvalue weighted by Gasteiger charge is 2.24. The Morgan fingerprint density at radius 3 is 3.00 bits per heavy atom. The predicted molar refractivity (Wildman–Crippen MR) is 96.0 cm³/mol. The third-order valence-electron chi connectivity index (χ3n) is 3.83. The first-order chi connectivity index (χ1) is 11.2. The zero-order valence-corrected chi connectivity index (χ0v) is 14.7. The molecule has 1 aliphatic carbocycles. The number of aliphatic imine (C=N–C) groups is 1. The SMILES string of the molecule is CCNC(=NCCOc1cccc(F)c1)NC1CCC(SC)C1. The summed E-state index contributed by atoms with van der Waals surface area (Å²) in [6.45, 7) is 3.84. The Labute approximate surface area is 142 Å². The maximum absolute atomic E-state index is 13.1. The molecule has 1 aliphatic rings. The summed E-state index contributed by atoms with van der Waals surface area (Å²) in [7, 11) is 0. The molecule has 1 aromatic carbocycles. The molecule has 1 saturated carbocycles.